The molecule has 0 saturated carbocycles. The molecule has 0 spiro atoms. The zero-order valence-corrected chi connectivity index (χ0v) is 17.8. The van der Waals surface area contributed by atoms with Crippen LogP contribution in [0.5, 0.6) is 5.75 Å². The van der Waals surface area contributed by atoms with Crippen molar-refractivity contribution in [2.24, 2.45) is 5.10 Å². The van der Waals surface area contributed by atoms with Gasteiger partial charge >= 0.3 is 0 Å². The number of nitrogens with one attached hydrogen (secondary N) is 1. The first-order chi connectivity index (χ1) is 15.0. The van der Waals surface area contributed by atoms with E-state index in [2.05, 4.69) is 28.1 Å². The molecule has 0 fully saturated rings. The molecule has 0 radical (unpaired) electrons. The molecule has 0 bridgehead atoms. The third-order valence-electron chi connectivity index (χ3n) is 4.85. The van der Waals surface area contributed by atoms with Crippen molar-refractivity contribution in [2.75, 3.05) is 0 Å². The van der Waals surface area contributed by atoms with E-state index in [0.29, 0.717) is 12.4 Å². The SMILES string of the molecule is Cc1ccc(S(=O)(=O)N/N=C\c2cccc(OCc3cccc4ccccc34)c2)cc1. The van der Waals surface area contributed by atoms with Crippen molar-refractivity contribution in [3.63, 3.8) is 0 Å². The fourth-order valence-electron chi connectivity index (χ4n) is 3.20. The minimum atomic E-state index is -3.70. The lowest BCUT2D eigenvalue weighted by Gasteiger charge is -2.09. The van der Waals surface area contributed by atoms with Gasteiger partial charge in [0.1, 0.15) is 12.4 Å². The van der Waals surface area contributed by atoms with E-state index >= 15 is 0 Å². The number of aryl methyl sites for hydroxylation is 1. The van der Waals surface area contributed by atoms with Crippen molar-refractivity contribution in [3.05, 3.63) is 108 Å². The van der Waals surface area contributed by atoms with Gasteiger partial charge in [-0.15, -0.1) is 0 Å². The summed E-state index contributed by atoms with van der Waals surface area (Å²) in [6.45, 7) is 2.33. The first-order valence-electron chi connectivity index (χ1n) is 9.82. The van der Waals surface area contributed by atoms with Crippen LogP contribution in [-0.2, 0) is 16.6 Å². The molecule has 31 heavy (non-hydrogen) atoms. The van der Waals surface area contributed by atoms with Crippen LogP contribution in [0.1, 0.15) is 16.7 Å². The second-order valence-corrected chi connectivity index (χ2v) is 8.83. The fourth-order valence-corrected chi connectivity index (χ4v) is 4.00. The first kappa shape index (κ1) is 20.6. The number of benzene rings is 4. The smallest absolute Gasteiger partial charge is 0.276 e. The lowest BCUT2D eigenvalue weighted by Crippen LogP contribution is -2.18. The molecule has 1 N–H and O–H groups in total. The highest BCUT2D eigenvalue weighted by Crippen LogP contribution is 2.21. The molecule has 0 aromatic heterocycles. The zero-order chi connectivity index (χ0) is 21.7. The minimum absolute atomic E-state index is 0.169. The number of sulfonamides is 1. The monoisotopic (exact) mass is 430 g/mol. The molecule has 0 aliphatic heterocycles. The Morgan fingerprint density at radius 3 is 2.48 bits per heavy atom. The molecule has 4 aromatic carbocycles. The van der Waals surface area contributed by atoms with E-state index in [9.17, 15) is 8.42 Å². The summed E-state index contributed by atoms with van der Waals surface area (Å²) in [4.78, 5) is 2.41. The molecule has 0 unspecified atom stereocenters. The summed E-state index contributed by atoms with van der Waals surface area (Å²) < 4.78 is 30.6. The van der Waals surface area contributed by atoms with Crippen LogP contribution in [0, 0.1) is 6.92 Å². The number of rotatable bonds is 7. The van der Waals surface area contributed by atoms with Crippen molar-refractivity contribution < 1.29 is 13.2 Å². The van der Waals surface area contributed by atoms with E-state index in [4.69, 9.17) is 4.74 Å². The molecule has 4 aromatic rings. The predicted octanol–water partition coefficient (Wildman–Crippen LogP) is 5.04. The first-order valence-corrected chi connectivity index (χ1v) is 11.3. The van der Waals surface area contributed by atoms with Crippen molar-refractivity contribution >= 4 is 27.0 Å². The third kappa shape index (κ3) is 5.10. The van der Waals surface area contributed by atoms with Gasteiger partial charge in [0.05, 0.1) is 11.1 Å². The molecule has 6 heteroatoms. The van der Waals surface area contributed by atoms with Crippen molar-refractivity contribution in [1.82, 2.24) is 4.83 Å². The molecular formula is C25H22N2O3S. The Hall–Kier alpha value is -3.64. The summed E-state index contributed by atoms with van der Waals surface area (Å²) in [6.07, 6.45) is 1.45. The van der Waals surface area contributed by atoms with Gasteiger partial charge in [0.15, 0.2) is 0 Å². The maximum absolute atomic E-state index is 12.3. The molecule has 0 atom stereocenters. The minimum Gasteiger partial charge on any atom is -0.489 e. The maximum Gasteiger partial charge on any atom is 0.276 e. The summed E-state index contributed by atoms with van der Waals surface area (Å²) in [6, 6.07) is 28.3. The van der Waals surface area contributed by atoms with Crippen LogP contribution in [0.3, 0.4) is 0 Å². The second-order valence-electron chi connectivity index (χ2n) is 7.17. The van der Waals surface area contributed by atoms with Gasteiger partial charge in [0.25, 0.3) is 10.0 Å². The lowest BCUT2D eigenvalue weighted by atomic mass is 10.1. The zero-order valence-electron chi connectivity index (χ0n) is 17.0. The Kier molecular flexibility index (Phi) is 6.00. The Bertz CT molecular complexity index is 1330. The summed E-state index contributed by atoms with van der Waals surface area (Å²) in [5.41, 5.74) is 2.81. The highest BCUT2D eigenvalue weighted by molar-refractivity contribution is 7.89. The summed E-state index contributed by atoms with van der Waals surface area (Å²) in [5.74, 6) is 0.679. The number of hydrazone groups is 1. The van der Waals surface area contributed by atoms with Gasteiger partial charge in [-0.2, -0.15) is 13.5 Å². The van der Waals surface area contributed by atoms with E-state index in [0.717, 1.165) is 22.1 Å². The van der Waals surface area contributed by atoms with Gasteiger partial charge in [-0.25, -0.2) is 4.83 Å². The van der Waals surface area contributed by atoms with Gasteiger partial charge in [-0.1, -0.05) is 72.3 Å². The fraction of sp³-hybridized carbons (Fsp3) is 0.0800. The highest BCUT2D eigenvalue weighted by Gasteiger charge is 2.11. The molecule has 0 heterocycles. The van der Waals surface area contributed by atoms with Crippen molar-refractivity contribution in [3.8, 4) is 5.75 Å². The van der Waals surface area contributed by atoms with Crippen LogP contribution < -0.4 is 9.57 Å². The molecule has 156 valence electrons. The van der Waals surface area contributed by atoms with Crippen LogP contribution in [0.2, 0.25) is 0 Å². The Labute approximate surface area is 182 Å². The van der Waals surface area contributed by atoms with E-state index in [1.165, 1.54) is 11.6 Å². The second kappa shape index (κ2) is 9.02. The largest absolute Gasteiger partial charge is 0.489 e. The maximum atomic E-state index is 12.3. The average molecular weight is 431 g/mol. The Morgan fingerprint density at radius 1 is 0.903 bits per heavy atom. The quantitative estimate of drug-likeness (QED) is 0.330. The molecule has 0 aliphatic rings. The summed E-state index contributed by atoms with van der Waals surface area (Å²) >= 11 is 0. The number of nitrogens with zero attached hydrogens (tertiary/aromatic N) is 1. The molecule has 0 amide bonds. The topological polar surface area (TPSA) is 67.8 Å². The normalized spacial score (nSPS) is 11.6. The van der Waals surface area contributed by atoms with Crippen LogP contribution >= 0.6 is 0 Å². The van der Waals surface area contributed by atoms with Gasteiger partial charge in [-0.3, -0.25) is 0 Å². The van der Waals surface area contributed by atoms with E-state index in [-0.39, 0.29) is 4.90 Å². The van der Waals surface area contributed by atoms with Crippen LogP contribution in [0.25, 0.3) is 10.8 Å². The number of ether oxygens (including phenoxy) is 1. The highest BCUT2D eigenvalue weighted by atomic mass is 32.2. The number of fused-ring (bicyclic) bond motifs is 1. The van der Waals surface area contributed by atoms with Crippen LogP contribution in [0.4, 0.5) is 0 Å². The predicted molar refractivity (Wildman–Crippen MR) is 124 cm³/mol. The molecule has 0 saturated heterocycles. The van der Waals surface area contributed by atoms with Crippen molar-refractivity contribution in [1.29, 1.82) is 0 Å². The molecule has 0 aliphatic carbocycles. The number of hydrogen-bond acceptors (Lipinski definition) is 4. The molecule has 5 nitrogen and oxygen atoms in total. The van der Waals surface area contributed by atoms with E-state index in [1.54, 1.807) is 24.3 Å². The number of hydrogen-bond donors (Lipinski definition) is 1. The van der Waals surface area contributed by atoms with Crippen LogP contribution in [-0.4, -0.2) is 14.6 Å². The average Bonchev–Trinajstić information content (AvgIpc) is 2.78. The molecule has 4 rings (SSSR count). The molecular weight excluding hydrogens is 408 g/mol. The Morgan fingerprint density at radius 2 is 1.65 bits per heavy atom. The summed E-state index contributed by atoms with van der Waals surface area (Å²) in [7, 11) is -3.70. The lowest BCUT2D eigenvalue weighted by molar-refractivity contribution is 0.307. The Balaban J connectivity index is 1.43. The van der Waals surface area contributed by atoms with Crippen LogP contribution in [0.15, 0.2) is 101 Å². The van der Waals surface area contributed by atoms with Crippen molar-refractivity contribution in [2.45, 2.75) is 18.4 Å². The van der Waals surface area contributed by atoms with Gasteiger partial charge in [0, 0.05) is 0 Å². The third-order valence-corrected chi connectivity index (χ3v) is 6.09. The van der Waals surface area contributed by atoms with E-state index < -0.39 is 10.0 Å². The van der Waals surface area contributed by atoms with Gasteiger partial charge in [-0.05, 0) is 53.1 Å². The van der Waals surface area contributed by atoms with Gasteiger partial charge in [0.2, 0.25) is 0 Å². The van der Waals surface area contributed by atoms with Gasteiger partial charge < -0.3 is 4.74 Å². The summed E-state index contributed by atoms with van der Waals surface area (Å²) in [5, 5.41) is 6.23. The van der Waals surface area contributed by atoms with E-state index in [1.807, 2.05) is 55.5 Å². The standard InChI is InChI=1S/C25H22N2O3S/c1-19-12-14-24(15-13-19)31(28,29)27-26-17-20-6-4-10-23(16-20)30-18-22-9-5-8-21-7-2-3-11-25(21)22/h2-17,27H,18H2,1H3/b26-17-.